The van der Waals surface area contributed by atoms with E-state index in [0.717, 1.165) is 6.42 Å². The van der Waals surface area contributed by atoms with Gasteiger partial charge in [0.1, 0.15) is 13.3 Å². The molecule has 0 atom stereocenters. The van der Waals surface area contributed by atoms with Crippen LogP contribution in [0.25, 0.3) is 0 Å². The number of rotatable bonds is 6. The van der Waals surface area contributed by atoms with Crippen LogP contribution in [-0.4, -0.2) is 19.3 Å². The maximum Gasteiger partial charge on any atom is 0.302 e. The van der Waals surface area contributed by atoms with E-state index in [1.54, 1.807) is 6.08 Å². The molecule has 2 nitrogen and oxygen atoms in total. The molecular formula is C12H19FO2. The summed E-state index contributed by atoms with van der Waals surface area (Å²) in [5, 5.41) is 0. The third-order valence-corrected chi connectivity index (χ3v) is 1.85. The van der Waals surface area contributed by atoms with Crippen molar-refractivity contribution < 1.29 is 13.9 Å². The lowest BCUT2D eigenvalue weighted by molar-refractivity contribution is -0.139. The molecule has 0 aromatic heterocycles. The van der Waals surface area contributed by atoms with Crippen molar-refractivity contribution >= 4 is 5.97 Å². The number of ether oxygens (including phenoxy) is 1. The first-order chi connectivity index (χ1) is 7.06. The standard InChI is InChI=1S/C12H19FO2/c1-10(2)5-4-6-12(9-13)7-8-15-11(3)14/h5,7H,4,6,8-9H2,1-3H3/b12-7-. The summed E-state index contributed by atoms with van der Waals surface area (Å²) in [7, 11) is 0. The van der Waals surface area contributed by atoms with Gasteiger partial charge in [0.05, 0.1) is 0 Å². The van der Waals surface area contributed by atoms with Gasteiger partial charge < -0.3 is 4.74 Å². The number of carbonyl (C=O) groups excluding carboxylic acids is 1. The van der Waals surface area contributed by atoms with Gasteiger partial charge in [-0.05, 0) is 38.3 Å². The monoisotopic (exact) mass is 214 g/mol. The number of hydrogen-bond acceptors (Lipinski definition) is 2. The molecule has 0 bridgehead atoms. The Bertz CT molecular complexity index is 250. The molecule has 0 amide bonds. The summed E-state index contributed by atoms with van der Waals surface area (Å²) in [6.45, 7) is 5.06. The number of alkyl halides is 1. The largest absolute Gasteiger partial charge is 0.462 e. The fourth-order valence-electron chi connectivity index (χ4n) is 1.05. The van der Waals surface area contributed by atoms with Crippen molar-refractivity contribution in [2.45, 2.75) is 33.6 Å². The number of halogens is 1. The van der Waals surface area contributed by atoms with Crippen LogP contribution in [0.15, 0.2) is 23.3 Å². The summed E-state index contributed by atoms with van der Waals surface area (Å²) in [6, 6.07) is 0. The lowest BCUT2D eigenvalue weighted by Gasteiger charge is -2.02. The van der Waals surface area contributed by atoms with Crippen molar-refractivity contribution in [3.63, 3.8) is 0 Å². The lowest BCUT2D eigenvalue weighted by Crippen LogP contribution is -1.99. The predicted octanol–water partition coefficient (Wildman–Crippen LogP) is 3.19. The fourth-order valence-corrected chi connectivity index (χ4v) is 1.05. The second kappa shape index (κ2) is 8.21. The van der Waals surface area contributed by atoms with Gasteiger partial charge in [0.15, 0.2) is 0 Å². The van der Waals surface area contributed by atoms with Crippen LogP contribution in [0.1, 0.15) is 33.6 Å². The molecule has 0 spiro atoms. The molecule has 0 aliphatic carbocycles. The number of esters is 1. The van der Waals surface area contributed by atoms with Gasteiger partial charge in [0.2, 0.25) is 0 Å². The van der Waals surface area contributed by atoms with Gasteiger partial charge in [-0.1, -0.05) is 11.6 Å². The highest BCUT2D eigenvalue weighted by Gasteiger charge is 1.96. The smallest absolute Gasteiger partial charge is 0.302 e. The molecular weight excluding hydrogens is 195 g/mol. The molecule has 0 fully saturated rings. The van der Waals surface area contributed by atoms with Crippen LogP contribution < -0.4 is 0 Å². The van der Waals surface area contributed by atoms with Crippen LogP contribution in [0.4, 0.5) is 4.39 Å². The zero-order valence-electron chi connectivity index (χ0n) is 9.68. The second-order valence-corrected chi connectivity index (χ2v) is 3.62. The van der Waals surface area contributed by atoms with E-state index in [1.165, 1.54) is 12.5 Å². The van der Waals surface area contributed by atoms with E-state index < -0.39 is 6.67 Å². The quantitative estimate of drug-likeness (QED) is 0.501. The third kappa shape index (κ3) is 9.19. The number of carbonyl (C=O) groups is 1. The van der Waals surface area contributed by atoms with Crippen LogP contribution in [0.2, 0.25) is 0 Å². The summed E-state index contributed by atoms with van der Waals surface area (Å²) < 4.78 is 17.2. The van der Waals surface area contributed by atoms with Crippen LogP contribution in [-0.2, 0) is 9.53 Å². The Morgan fingerprint density at radius 1 is 1.27 bits per heavy atom. The minimum absolute atomic E-state index is 0.170. The molecule has 15 heavy (non-hydrogen) atoms. The molecule has 0 rings (SSSR count). The topological polar surface area (TPSA) is 26.3 Å². The van der Waals surface area contributed by atoms with Crippen LogP contribution in [0.3, 0.4) is 0 Å². The van der Waals surface area contributed by atoms with Crippen molar-refractivity contribution in [2.75, 3.05) is 13.3 Å². The number of allylic oxidation sites excluding steroid dienone is 3. The van der Waals surface area contributed by atoms with E-state index in [-0.39, 0.29) is 12.6 Å². The molecule has 0 saturated heterocycles. The minimum Gasteiger partial charge on any atom is -0.462 e. The normalized spacial score (nSPS) is 11.1. The van der Waals surface area contributed by atoms with E-state index in [1.807, 2.05) is 13.8 Å². The van der Waals surface area contributed by atoms with E-state index in [2.05, 4.69) is 6.08 Å². The molecule has 0 aromatic rings. The minimum atomic E-state index is -0.474. The molecule has 0 saturated carbocycles. The van der Waals surface area contributed by atoms with E-state index in [9.17, 15) is 9.18 Å². The summed E-state index contributed by atoms with van der Waals surface area (Å²) in [4.78, 5) is 10.5. The Labute approximate surface area is 90.8 Å². The van der Waals surface area contributed by atoms with Gasteiger partial charge in [0, 0.05) is 6.92 Å². The zero-order chi connectivity index (χ0) is 11.7. The average molecular weight is 214 g/mol. The maximum absolute atomic E-state index is 12.5. The Kier molecular flexibility index (Phi) is 7.60. The van der Waals surface area contributed by atoms with Gasteiger partial charge in [-0.2, -0.15) is 0 Å². The van der Waals surface area contributed by atoms with Gasteiger partial charge in [-0.3, -0.25) is 4.79 Å². The molecule has 0 heterocycles. The number of hydrogen-bond donors (Lipinski definition) is 0. The molecule has 0 aliphatic rings. The molecule has 86 valence electrons. The highest BCUT2D eigenvalue weighted by Crippen LogP contribution is 2.08. The van der Waals surface area contributed by atoms with Gasteiger partial charge in [0.25, 0.3) is 0 Å². The van der Waals surface area contributed by atoms with E-state index in [0.29, 0.717) is 12.0 Å². The predicted molar refractivity (Wildman–Crippen MR) is 59.4 cm³/mol. The highest BCUT2D eigenvalue weighted by atomic mass is 19.1. The molecule has 0 aromatic carbocycles. The van der Waals surface area contributed by atoms with Crippen molar-refractivity contribution in [2.24, 2.45) is 0 Å². The van der Waals surface area contributed by atoms with Crippen LogP contribution in [0, 0.1) is 0 Å². The Hall–Kier alpha value is -1.12. The molecule has 0 N–H and O–H groups in total. The molecule has 0 unspecified atom stereocenters. The van der Waals surface area contributed by atoms with E-state index in [4.69, 9.17) is 4.74 Å². The fraction of sp³-hybridized carbons (Fsp3) is 0.583. The summed E-state index contributed by atoms with van der Waals surface area (Å²) >= 11 is 0. The summed E-state index contributed by atoms with van der Waals surface area (Å²) in [5.74, 6) is -0.339. The van der Waals surface area contributed by atoms with E-state index >= 15 is 0 Å². The van der Waals surface area contributed by atoms with Gasteiger partial charge in [-0.25, -0.2) is 4.39 Å². The lowest BCUT2D eigenvalue weighted by atomic mass is 10.1. The highest BCUT2D eigenvalue weighted by molar-refractivity contribution is 5.66. The van der Waals surface area contributed by atoms with Crippen molar-refractivity contribution in [1.82, 2.24) is 0 Å². The first-order valence-electron chi connectivity index (χ1n) is 5.07. The average Bonchev–Trinajstić information content (AvgIpc) is 2.14. The zero-order valence-corrected chi connectivity index (χ0v) is 9.68. The first-order valence-corrected chi connectivity index (χ1v) is 5.07. The summed E-state index contributed by atoms with van der Waals surface area (Å²) in [5.41, 5.74) is 1.92. The third-order valence-electron chi connectivity index (χ3n) is 1.85. The second-order valence-electron chi connectivity index (χ2n) is 3.62. The first kappa shape index (κ1) is 13.9. The Balaban J connectivity index is 3.90. The molecule has 3 heteroatoms. The maximum atomic E-state index is 12.5. The molecule has 0 radical (unpaired) electrons. The van der Waals surface area contributed by atoms with Crippen LogP contribution in [0.5, 0.6) is 0 Å². The molecule has 0 aliphatic heterocycles. The van der Waals surface area contributed by atoms with Crippen LogP contribution >= 0.6 is 0 Å². The SMILES string of the molecule is CC(=O)OC/C=C(\CF)CCC=C(C)C. The van der Waals surface area contributed by atoms with Crippen molar-refractivity contribution in [1.29, 1.82) is 0 Å². The van der Waals surface area contributed by atoms with Gasteiger partial charge in [-0.15, -0.1) is 0 Å². The Morgan fingerprint density at radius 3 is 2.40 bits per heavy atom. The Morgan fingerprint density at radius 2 is 1.93 bits per heavy atom. The van der Waals surface area contributed by atoms with Crippen molar-refractivity contribution in [3.8, 4) is 0 Å². The van der Waals surface area contributed by atoms with Crippen molar-refractivity contribution in [3.05, 3.63) is 23.3 Å². The summed E-state index contributed by atoms with van der Waals surface area (Å²) in [6.07, 6.45) is 5.22. The van der Waals surface area contributed by atoms with Gasteiger partial charge >= 0.3 is 5.97 Å².